The molecule has 1 saturated carbocycles. The third-order valence-corrected chi connectivity index (χ3v) is 7.74. The molecule has 1 aliphatic heterocycles. The van der Waals surface area contributed by atoms with Crippen LogP contribution in [0.25, 0.3) is 11.2 Å². The molecule has 2 aliphatic rings. The molecule has 179 valence electrons. The molecule has 35 heavy (non-hydrogen) atoms. The van der Waals surface area contributed by atoms with E-state index >= 15 is 0 Å². The molecular formula is C27H29BrN7. The summed E-state index contributed by atoms with van der Waals surface area (Å²) in [5.41, 5.74) is 4.94. The molecule has 3 heterocycles. The molecule has 0 unspecified atom stereocenters. The van der Waals surface area contributed by atoms with Gasteiger partial charge in [-0.1, -0.05) is 47.0 Å². The summed E-state index contributed by atoms with van der Waals surface area (Å²) in [6.45, 7) is 2.11. The Hall–Kier alpha value is -3.13. The standard InChI is InChI=1S/C27H29BrN7/c28-19-14-16-34(17-15-19)22-12-10-21(11-13-22)30-26-29-18-24-25(33-26)35(23-8-4-5-9-23)27(32-24)31-20-6-2-1-3-7-20/h1-3,6-7,10-13,18,23H,4-5,8-9,14-17H2,(H,31,32)(H,29,30,33). The Kier molecular flexibility index (Phi) is 6.29. The minimum Gasteiger partial charge on any atom is -0.371 e. The lowest BCUT2D eigenvalue weighted by atomic mass is 10.1. The molecule has 4 aromatic rings. The van der Waals surface area contributed by atoms with Crippen molar-refractivity contribution in [1.82, 2.24) is 19.5 Å². The zero-order valence-electron chi connectivity index (χ0n) is 19.6. The van der Waals surface area contributed by atoms with Crippen LogP contribution >= 0.6 is 15.9 Å². The molecule has 2 aromatic carbocycles. The average Bonchev–Trinajstić information content (AvgIpc) is 3.53. The van der Waals surface area contributed by atoms with Crippen molar-refractivity contribution in [1.29, 1.82) is 0 Å². The van der Waals surface area contributed by atoms with Gasteiger partial charge in [-0.3, -0.25) is 4.57 Å². The number of hydrogen-bond donors (Lipinski definition) is 2. The van der Waals surface area contributed by atoms with Crippen molar-refractivity contribution in [3.8, 4) is 0 Å². The van der Waals surface area contributed by atoms with Gasteiger partial charge in [-0.2, -0.15) is 4.98 Å². The average molecular weight is 531 g/mol. The van der Waals surface area contributed by atoms with Crippen LogP contribution in [0.1, 0.15) is 44.6 Å². The van der Waals surface area contributed by atoms with Gasteiger partial charge in [0, 0.05) is 41.0 Å². The second-order valence-corrected chi connectivity index (χ2v) is 10.4. The van der Waals surface area contributed by atoms with E-state index in [-0.39, 0.29) is 0 Å². The van der Waals surface area contributed by atoms with Crippen LogP contribution in [0.3, 0.4) is 0 Å². The Bertz CT molecular complexity index is 1270. The number of nitrogens with zero attached hydrogens (tertiary/aromatic N) is 5. The van der Waals surface area contributed by atoms with E-state index in [1.165, 1.54) is 23.4 Å². The highest BCUT2D eigenvalue weighted by molar-refractivity contribution is 9.11. The number of fused-ring (bicyclic) bond motifs is 1. The topological polar surface area (TPSA) is 70.9 Å². The van der Waals surface area contributed by atoms with Gasteiger partial charge in [0.25, 0.3) is 0 Å². The van der Waals surface area contributed by atoms with Gasteiger partial charge >= 0.3 is 0 Å². The van der Waals surface area contributed by atoms with Crippen LogP contribution in [0.4, 0.5) is 29.0 Å². The Morgan fingerprint density at radius 1 is 0.829 bits per heavy atom. The lowest BCUT2D eigenvalue weighted by Gasteiger charge is -2.31. The summed E-state index contributed by atoms with van der Waals surface area (Å²) in [7, 11) is 0. The molecule has 1 radical (unpaired) electrons. The summed E-state index contributed by atoms with van der Waals surface area (Å²) in [4.78, 5) is 18.2. The molecule has 0 atom stereocenters. The number of hydrogen-bond acceptors (Lipinski definition) is 6. The van der Waals surface area contributed by atoms with Gasteiger partial charge < -0.3 is 15.5 Å². The van der Waals surface area contributed by atoms with Crippen LogP contribution < -0.4 is 15.5 Å². The van der Waals surface area contributed by atoms with Gasteiger partial charge in [-0.15, -0.1) is 0 Å². The van der Waals surface area contributed by atoms with Gasteiger partial charge in [-0.25, -0.2) is 9.97 Å². The SMILES string of the molecule is Br[C]1CCN(c2ccc(Nc3ncc4nc(Nc5ccccc5)n(C5CCCC5)c4n3)cc2)CC1. The first-order valence-corrected chi connectivity index (χ1v) is 13.2. The Balaban J connectivity index is 1.26. The van der Waals surface area contributed by atoms with Gasteiger partial charge in [0.1, 0.15) is 5.52 Å². The molecule has 1 saturated heterocycles. The van der Waals surface area contributed by atoms with Crippen molar-refractivity contribution in [3.63, 3.8) is 0 Å². The molecular weight excluding hydrogens is 502 g/mol. The molecule has 1 aliphatic carbocycles. The van der Waals surface area contributed by atoms with Crippen molar-refractivity contribution >= 4 is 56.1 Å². The number of nitrogens with one attached hydrogen (secondary N) is 2. The van der Waals surface area contributed by atoms with Crippen LogP contribution in [0.15, 0.2) is 60.8 Å². The predicted octanol–water partition coefficient (Wildman–Crippen LogP) is 6.96. The predicted molar refractivity (Wildman–Crippen MR) is 146 cm³/mol. The van der Waals surface area contributed by atoms with Crippen LogP contribution in [0.2, 0.25) is 0 Å². The van der Waals surface area contributed by atoms with Gasteiger partial charge in [0.15, 0.2) is 5.65 Å². The smallest absolute Gasteiger partial charge is 0.229 e. The second kappa shape index (κ2) is 9.85. The number of rotatable bonds is 6. The number of piperidine rings is 1. The van der Waals surface area contributed by atoms with Crippen LogP contribution in [-0.2, 0) is 0 Å². The zero-order valence-corrected chi connectivity index (χ0v) is 21.2. The first-order chi connectivity index (χ1) is 17.2. The first-order valence-electron chi connectivity index (χ1n) is 12.4. The zero-order chi connectivity index (χ0) is 23.6. The minimum absolute atomic E-state index is 0.398. The Labute approximate surface area is 214 Å². The van der Waals surface area contributed by atoms with Gasteiger partial charge in [-0.05, 0) is 62.1 Å². The summed E-state index contributed by atoms with van der Waals surface area (Å²) < 4.78 is 2.27. The molecule has 7 nitrogen and oxygen atoms in total. The highest BCUT2D eigenvalue weighted by Gasteiger charge is 2.24. The lowest BCUT2D eigenvalue weighted by molar-refractivity contribution is 0.535. The summed E-state index contributed by atoms with van der Waals surface area (Å²) in [5.74, 6) is 1.42. The van der Waals surface area contributed by atoms with Crippen LogP contribution in [0.5, 0.6) is 0 Å². The van der Waals surface area contributed by atoms with E-state index in [0.29, 0.717) is 12.0 Å². The molecule has 0 bridgehead atoms. The number of para-hydroxylation sites is 1. The largest absolute Gasteiger partial charge is 0.371 e. The summed E-state index contributed by atoms with van der Waals surface area (Å²) in [6, 6.07) is 19.1. The fraction of sp³-hybridized carbons (Fsp3) is 0.333. The summed E-state index contributed by atoms with van der Waals surface area (Å²) >= 11 is 3.65. The van der Waals surface area contributed by atoms with E-state index in [4.69, 9.17) is 9.97 Å². The first kappa shape index (κ1) is 22.3. The normalized spacial score (nSPS) is 17.2. The molecule has 2 N–H and O–H groups in total. The highest BCUT2D eigenvalue weighted by Crippen LogP contribution is 2.36. The fourth-order valence-electron chi connectivity index (χ4n) is 5.09. The number of anilines is 5. The van der Waals surface area contributed by atoms with Crippen molar-refractivity contribution in [3.05, 3.63) is 65.6 Å². The number of imidazole rings is 1. The van der Waals surface area contributed by atoms with Gasteiger partial charge in [0.05, 0.1) is 6.20 Å². The fourth-order valence-corrected chi connectivity index (χ4v) is 5.45. The van der Waals surface area contributed by atoms with E-state index in [9.17, 15) is 0 Å². The lowest BCUT2D eigenvalue weighted by Crippen LogP contribution is -2.31. The van der Waals surface area contributed by atoms with Gasteiger partial charge in [0.2, 0.25) is 11.9 Å². The monoisotopic (exact) mass is 530 g/mol. The second-order valence-electron chi connectivity index (χ2n) is 9.31. The third kappa shape index (κ3) is 4.85. The molecule has 6 rings (SSSR count). The van der Waals surface area contributed by atoms with Crippen molar-refractivity contribution in [2.45, 2.75) is 44.6 Å². The minimum atomic E-state index is 0.398. The molecule has 0 spiro atoms. The molecule has 8 heteroatoms. The summed E-state index contributed by atoms with van der Waals surface area (Å²) in [6.07, 6.45) is 8.80. The Morgan fingerprint density at radius 3 is 2.29 bits per heavy atom. The van der Waals surface area contributed by atoms with Crippen molar-refractivity contribution < 1.29 is 0 Å². The quantitative estimate of drug-likeness (QED) is 0.281. The molecule has 2 aromatic heterocycles. The van der Waals surface area contributed by atoms with E-state index < -0.39 is 0 Å². The third-order valence-electron chi connectivity index (χ3n) is 6.95. The number of aromatic nitrogens is 4. The van der Waals surface area contributed by atoms with E-state index in [1.807, 2.05) is 24.4 Å². The maximum absolute atomic E-state index is 4.92. The van der Waals surface area contributed by atoms with Crippen molar-refractivity contribution in [2.24, 2.45) is 0 Å². The molecule has 2 fully saturated rings. The maximum atomic E-state index is 4.92. The van der Waals surface area contributed by atoms with E-state index in [2.05, 4.69) is 77.4 Å². The highest BCUT2D eigenvalue weighted by atomic mass is 79.9. The van der Waals surface area contributed by atoms with E-state index in [0.717, 1.165) is 67.3 Å². The Morgan fingerprint density at radius 2 is 1.54 bits per heavy atom. The van der Waals surface area contributed by atoms with Crippen molar-refractivity contribution in [2.75, 3.05) is 28.6 Å². The van der Waals surface area contributed by atoms with Crippen LogP contribution in [-0.4, -0.2) is 32.6 Å². The van der Waals surface area contributed by atoms with Crippen LogP contribution in [0, 0.1) is 4.83 Å². The number of halogens is 1. The van der Waals surface area contributed by atoms with E-state index in [1.54, 1.807) is 0 Å². The summed E-state index contributed by atoms with van der Waals surface area (Å²) in [5, 5.41) is 6.90. The molecule has 0 amide bonds. The number of benzene rings is 2. The maximum Gasteiger partial charge on any atom is 0.229 e.